The fourth-order valence-corrected chi connectivity index (χ4v) is 0. The van der Waals surface area contributed by atoms with E-state index in [9.17, 15) is 0 Å². The third-order valence-corrected chi connectivity index (χ3v) is 0. The van der Waals surface area contributed by atoms with Crippen LogP contribution >= 0.6 is 0 Å². The average Bonchev–Trinajstić information content (AvgIpc) is 0. The summed E-state index contributed by atoms with van der Waals surface area (Å²) in [6, 6.07) is 0. The molecule has 0 aliphatic carbocycles. The van der Waals surface area contributed by atoms with E-state index in [1.165, 1.54) is 0 Å². The molecule has 6 radical (unpaired) electrons. The molecule has 0 nitrogen and oxygen atoms in total. The zero-order chi connectivity index (χ0) is 0. The molecule has 0 heterocycles. The fraction of sp³-hybridized carbons (Fsp3) is 0. The Labute approximate surface area is 84.8 Å². The maximum absolute atomic E-state index is 0. The number of hydrogen-bond acceptors (Lipinski definition) is 0. The maximum Gasteiger partial charge on any atom is 0 e. The third-order valence-electron chi connectivity index (χ3n) is 0. The van der Waals surface area contributed by atoms with Crippen molar-refractivity contribution < 1.29 is 58.9 Å². The van der Waals surface area contributed by atoms with Gasteiger partial charge in [0.25, 0.3) is 0 Å². The number of rotatable bonds is 0. The summed E-state index contributed by atoms with van der Waals surface area (Å²) in [7, 11) is 0. The molecule has 0 saturated heterocycles. The predicted octanol–water partition coefficient (Wildman–Crippen LogP) is -0.388. The summed E-state index contributed by atoms with van der Waals surface area (Å²) in [5.74, 6) is 0. The molecule has 0 aliphatic rings. The number of hydrogen-bond donors (Lipinski definition) is 0. The molecule has 0 fully saturated rings. The van der Waals surface area contributed by atoms with Gasteiger partial charge in [-0.25, -0.2) is 0 Å². The Morgan fingerprint density at radius 2 is 1.00 bits per heavy atom. The molecule has 28 valence electrons. The predicted molar refractivity (Wildman–Crippen MR) is 5.75 cm³/mol. The first-order valence-corrected chi connectivity index (χ1v) is 0. The van der Waals surface area contributed by atoms with Crippen molar-refractivity contribution in [3.8, 4) is 0 Å². The van der Waals surface area contributed by atoms with E-state index >= 15 is 0 Å². The summed E-state index contributed by atoms with van der Waals surface area (Å²) in [4.78, 5) is 0. The van der Waals surface area contributed by atoms with Gasteiger partial charge in [0, 0.05) is 86.2 Å². The Bertz CT molecular complexity index is 8.00. The van der Waals surface area contributed by atoms with E-state index in [1.54, 1.807) is 0 Å². The standard InChI is InChI=1S/Ag.Cu.Pb.Zn. The van der Waals surface area contributed by atoms with Crippen LogP contribution in [0.3, 0.4) is 0 Å². The van der Waals surface area contributed by atoms with Gasteiger partial charge in [0.2, 0.25) is 0 Å². The molecule has 0 aliphatic heterocycles. The molecule has 0 rings (SSSR count). The third kappa shape index (κ3) is 8.84. The Balaban J connectivity index is 0. The van der Waals surface area contributed by atoms with E-state index in [-0.39, 0.29) is 86.2 Å². The molecule has 4 heavy (non-hydrogen) atoms. The van der Waals surface area contributed by atoms with E-state index < -0.39 is 0 Å². The second-order valence-corrected chi connectivity index (χ2v) is 0. The van der Waals surface area contributed by atoms with Crippen molar-refractivity contribution in [1.29, 1.82) is 0 Å². The first-order chi connectivity index (χ1) is 0. The Kier molecular flexibility index (Phi) is 124. The van der Waals surface area contributed by atoms with Crippen molar-refractivity contribution in [1.82, 2.24) is 0 Å². The zero-order valence-electron chi connectivity index (χ0n) is 1.81. The summed E-state index contributed by atoms with van der Waals surface area (Å²) in [6.45, 7) is 0. The summed E-state index contributed by atoms with van der Waals surface area (Å²) < 4.78 is 0. The van der Waals surface area contributed by atoms with Crippen molar-refractivity contribution in [3.05, 3.63) is 0 Å². The van der Waals surface area contributed by atoms with Crippen LogP contribution < -0.4 is 0 Å². The van der Waals surface area contributed by atoms with Crippen molar-refractivity contribution in [2.24, 2.45) is 0 Å². The van der Waals surface area contributed by atoms with Crippen LogP contribution in [0.2, 0.25) is 0 Å². The summed E-state index contributed by atoms with van der Waals surface area (Å²) in [5.41, 5.74) is 0. The van der Waals surface area contributed by atoms with Crippen LogP contribution in [-0.2, 0) is 58.9 Å². The molecule has 0 bridgehead atoms. The van der Waals surface area contributed by atoms with Gasteiger partial charge in [-0.1, -0.05) is 0 Å². The molecule has 0 saturated carbocycles. The van der Waals surface area contributed by atoms with Gasteiger partial charge in [-0.2, -0.15) is 0 Å². The Morgan fingerprint density at radius 1 is 1.00 bits per heavy atom. The van der Waals surface area contributed by atoms with Gasteiger partial charge in [0.05, 0.1) is 0 Å². The van der Waals surface area contributed by atoms with Gasteiger partial charge in [-0.15, -0.1) is 0 Å². The summed E-state index contributed by atoms with van der Waals surface area (Å²) >= 11 is 0. The first kappa shape index (κ1) is 29.1. The molecule has 0 spiro atoms. The molecule has 0 amide bonds. The summed E-state index contributed by atoms with van der Waals surface area (Å²) in [5, 5.41) is 0. The second kappa shape index (κ2) is 17.0. The van der Waals surface area contributed by atoms with Gasteiger partial charge in [0.1, 0.15) is 0 Å². The van der Waals surface area contributed by atoms with Crippen molar-refractivity contribution in [3.63, 3.8) is 0 Å². The minimum atomic E-state index is 0. The second-order valence-electron chi connectivity index (χ2n) is 0. The largest absolute Gasteiger partial charge is 0 e. The Hall–Kier alpha value is 2.81. The molecule has 0 atom stereocenters. The average molecular weight is 444 g/mol. The SMILES string of the molecule is [Ag].[Cu].[Pb].[Zn]. The van der Waals surface area contributed by atoms with Crippen LogP contribution in [0, 0.1) is 0 Å². The van der Waals surface area contributed by atoms with Crippen molar-refractivity contribution in [2.45, 2.75) is 0 Å². The van der Waals surface area contributed by atoms with E-state index in [4.69, 9.17) is 0 Å². The van der Waals surface area contributed by atoms with Crippen LogP contribution in [0.15, 0.2) is 0 Å². The van der Waals surface area contributed by atoms with Crippen LogP contribution in [-0.4, -0.2) is 27.3 Å². The molecule has 4 heteroatoms. The van der Waals surface area contributed by atoms with Crippen LogP contribution in [0.5, 0.6) is 0 Å². The van der Waals surface area contributed by atoms with Crippen molar-refractivity contribution in [2.75, 3.05) is 0 Å². The molecule has 0 aromatic rings. The summed E-state index contributed by atoms with van der Waals surface area (Å²) in [6.07, 6.45) is 0. The van der Waals surface area contributed by atoms with E-state index in [0.717, 1.165) is 0 Å². The molecular weight excluding hydrogens is 444 g/mol. The van der Waals surface area contributed by atoms with E-state index in [2.05, 4.69) is 0 Å². The van der Waals surface area contributed by atoms with Crippen molar-refractivity contribution >= 4 is 27.3 Å². The first-order valence-electron chi connectivity index (χ1n) is 0. The van der Waals surface area contributed by atoms with E-state index in [0.29, 0.717) is 0 Å². The minimum absolute atomic E-state index is 0. The van der Waals surface area contributed by atoms with E-state index in [1.807, 2.05) is 0 Å². The smallest absolute Gasteiger partial charge is 0 e. The molecule has 0 aromatic carbocycles. The van der Waals surface area contributed by atoms with Gasteiger partial charge in [0.15, 0.2) is 0 Å². The minimum Gasteiger partial charge on any atom is 0 e. The molecular formula is AgCuPbZn. The quantitative estimate of drug-likeness (QED) is 0.447. The van der Waals surface area contributed by atoms with Gasteiger partial charge >= 0.3 is 0 Å². The van der Waals surface area contributed by atoms with Crippen LogP contribution in [0.1, 0.15) is 0 Å². The van der Waals surface area contributed by atoms with Crippen LogP contribution in [0.4, 0.5) is 0 Å². The normalized spacial score (nSPS) is 0. The van der Waals surface area contributed by atoms with Crippen LogP contribution in [0.25, 0.3) is 0 Å². The molecule has 0 N–H and O–H groups in total. The maximum atomic E-state index is 0. The molecule has 0 unspecified atom stereocenters. The molecule has 0 aromatic heterocycles. The van der Waals surface area contributed by atoms with Gasteiger partial charge < -0.3 is 0 Å². The Morgan fingerprint density at radius 3 is 1.00 bits per heavy atom. The monoisotopic (exact) mass is 442 g/mol. The van der Waals surface area contributed by atoms with Gasteiger partial charge in [-0.3, -0.25) is 0 Å². The zero-order valence-corrected chi connectivity index (χ0v) is 11.1. The van der Waals surface area contributed by atoms with Gasteiger partial charge in [-0.05, 0) is 0 Å². The topological polar surface area (TPSA) is 0 Å². The fourth-order valence-electron chi connectivity index (χ4n) is 0.